The number of nitrogens with one attached hydrogen (secondary N) is 1. The number of carbonyl (C=O) groups excluding carboxylic acids is 2. The number of amides is 3. The second-order valence-corrected chi connectivity index (χ2v) is 8.97. The van der Waals surface area contributed by atoms with Crippen molar-refractivity contribution in [3.05, 3.63) is 76.2 Å². The van der Waals surface area contributed by atoms with E-state index in [9.17, 15) is 23.2 Å². The molecule has 0 atom stereocenters. The average molecular weight is 569 g/mol. The highest BCUT2D eigenvalue weighted by Gasteiger charge is 2.34. The molecule has 0 saturated carbocycles. The van der Waals surface area contributed by atoms with E-state index in [4.69, 9.17) is 0 Å². The minimum atomic E-state index is -3.21. The molecule has 5 rings (SSSR count). The number of rotatable bonds is 7. The van der Waals surface area contributed by atoms with Crippen molar-refractivity contribution in [1.29, 1.82) is 0 Å². The van der Waals surface area contributed by atoms with Gasteiger partial charge in [0.25, 0.3) is 5.91 Å². The van der Waals surface area contributed by atoms with Gasteiger partial charge in [-0.05, 0) is 43.3 Å². The van der Waals surface area contributed by atoms with Gasteiger partial charge in [-0.3, -0.25) is 19.6 Å². The Morgan fingerprint density at radius 3 is 2.51 bits per heavy atom. The molecule has 0 aliphatic carbocycles. The Hall–Kier alpha value is -5.21. The third kappa shape index (κ3) is 5.08. The number of hydrogen-bond acceptors (Lipinski definition) is 7. The molecule has 1 N–H and O–H groups in total. The van der Waals surface area contributed by atoms with Crippen molar-refractivity contribution in [2.45, 2.75) is 13.5 Å². The fourth-order valence-corrected chi connectivity index (χ4v) is 4.44. The van der Waals surface area contributed by atoms with Gasteiger partial charge in [0.05, 0.1) is 17.6 Å². The van der Waals surface area contributed by atoms with Crippen molar-refractivity contribution >= 4 is 23.4 Å². The molecule has 0 radical (unpaired) electrons. The Morgan fingerprint density at radius 2 is 1.83 bits per heavy atom. The lowest BCUT2D eigenvalue weighted by Crippen LogP contribution is -2.33. The van der Waals surface area contributed by atoms with E-state index in [0.29, 0.717) is 16.9 Å². The summed E-state index contributed by atoms with van der Waals surface area (Å²) in [7, 11) is 2.77. The van der Waals surface area contributed by atoms with Gasteiger partial charge in [-0.15, -0.1) is 5.10 Å². The number of ether oxygens (including phenoxy) is 1. The number of benzene rings is 1. The zero-order valence-corrected chi connectivity index (χ0v) is 22.0. The maximum absolute atomic E-state index is 15.9. The van der Waals surface area contributed by atoms with Gasteiger partial charge in [0, 0.05) is 49.7 Å². The van der Waals surface area contributed by atoms with Gasteiger partial charge >= 0.3 is 24.3 Å². The van der Waals surface area contributed by atoms with Gasteiger partial charge in [0.2, 0.25) is 0 Å². The molecule has 1 saturated heterocycles. The minimum absolute atomic E-state index is 0.0366. The number of aryl methyl sites for hydroxylation is 2. The fourth-order valence-electron chi connectivity index (χ4n) is 4.44. The van der Waals surface area contributed by atoms with E-state index in [1.165, 1.54) is 48.3 Å². The fraction of sp³-hybridized carbons (Fsp3) is 0.231. The third-order valence-electron chi connectivity index (χ3n) is 6.35. The number of anilines is 2. The highest BCUT2D eigenvalue weighted by molar-refractivity contribution is 6.06. The third-order valence-corrected chi connectivity index (χ3v) is 6.35. The van der Waals surface area contributed by atoms with Crippen LogP contribution in [-0.2, 0) is 7.05 Å². The van der Waals surface area contributed by atoms with Gasteiger partial charge < -0.3 is 10.1 Å². The van der Waals surface area contributed by atoms with E-state index in [1.807, 2.05) is 0 Å². The summed E-state index contributed by atoms with van der Waals surface area (Å²) in [5.41, 5.74) is 0.757. The minimum Gasteiger partial charge on any atom is -0.401 e. The smallest absolute Gasteiger partial charge is 0.389 e. The number of halogens is 3. The molecule has 212 valence electrons. The van der Waals surface area contributed by atoms with Crippen molar-refractivity contribution in [2.24, 2.45) is 7.05 Å². The molecule has 0 unspecified atom stereocenters. The van der Waals surface area contributed by atoms with Crippen LogP contribution in [0.5, 0.6) is 6.01 Å². The first-order valence-electron chi connectivity index (χ1n) is 12.2. The summed E-state index contributed by atoms with van der Waals surface area (Å²) in [6.07, 6.45) is 1.19. The van der Waals surface area contributed by atoms with Crippen molar-refractivity contribution in [3.63, 3.8) is 0 Å². The van der Waals surface area contributed by atoms with Crippen LogP contribution in [0.1, 0.15) is 16.1 Å². The lowest BCUT2D eigenvalue weighted by Gasteiger charge is -2.20. The molecule has 1 aliphatic heterocycles. The molecule has 4 aromatic rings. The highest BCUT2D eigenvalue weighted by atomic mass is 19.3. The van der Waals surface area contributed by atoms with Gasteiger partial charge in [0.15, 0.2) is 11.6 Å². The van der Waals surface area contributed by atoms with Crippen LogP contribution in [0.2, 0.25) is 0 Å². The standard InChI is InChI=1S/C26H23F3N8O4/c1-14-11-18(19-8-7-17(13-31-19)37-24(41-23(28)29)33-34(3)25(37)39)20(27)21(32-14)36-10-9-35(26(36)40)16-6-4-5-15(12-16)22(38)30-2/h4-8,11-13,23H,9-10H2,1-3H3,(H,30,38). The average Bonchev–Trinajstić information content (AvgIpc) is 3.47. The molecule has 1 aliphatic rings. The van der Waals surface area contributed by atoms with Crippen molar-refractivity contribution in [3.8, 4) is 23.0 Å². The lowest BCUT2D eigenvalue weighted by atomic mass is 10.1. The number of alkyl halides is 2. The van der Waals surface area contributed by atoms with Crippen LogP contribution < -0.4 is 25.5 Å². The maximum atomic E-state index is 15.9. The number of hydrogen-bond donors (Lipinski definition) is 1. The summed E-state index contributed by atoms with van der Waals surface area (Å²) in [4.78, 5) is 48.9. The predicted molar refractivity (Wildman–Crippen MR) is 141 cm³/mol. The first-order chi connectivity index (χ1) is 19.6. The summed E-state index contributed by atoms with van der Waals surface area (Å²) in [5.74, 6) is -1.31. The molecule has 0 spiro atoms. The van der Waals surface area contributed by atoms with Crippen LogP contribution in [0.3, 0.4) is 0 Å². The van der Waals surface area contributed by atoms with Crippen LogP contribution in [-0.4, -0.2) is 63.0 Å². The lowest BCUT2D eigenvalue weighted by molar-refractivity contribution is -0.0575. The van der Waals surface area contributed by atoms with E-state index < -0.39 is 30.2 Å². The van der Waals surface area contributed by atoms with Crippen LogP contribution in [0.15, 0.2) is 53.5 Å². The molecule has 4 heterocycles. The molecular formula is C26H23F3N8O4. The number of carbonyl (C=O) groups is 2. The summed E-state index contributed by atoms with van der Waals surface area (Å²) >= 11 is 0. The van der Waals surface area contributed by atoms with Crippen molar-refractivity contribution < 1.29 is 27.5 Å². The Bertz CT molecular complexity index is 1700. The number of aromatic nitrogens is 5. The molecule has 1 fully saturated rings. The van der Waals surface area contributed by atoms with E-state index in [2.05, 4.69) is 25.1 Å². The van der Waals surface area contributed by atoms with Crippen LogP contribution in [0.25, 0.3) is 16.9 Å². The molecule has 15 heteroatoms. The molecule has 0 bridgehead atoms. The largest absolute Gasteiger partial charge is 0.401 e. The number of urea groups is 1. The van der Waals surface area contributed by atoms with E-state index in [0.717, 1.165) is 9.25 Å². The van der Waals surface area contributed by atoms with Gasteiger partial charge in [-0.1, -0.05) is 6.07 Å². The normalized spacial score (nSPS) is 13.3. The first kappa shape index (κ1) is 27.4. The second-order valence-electron chi connectivity index (χ2n) is 8.97. The summed E-state index contributed by atoms with van der Waals surface area (Å²) in [6, 6.07) is 9.58. The maximum Gasteiger partial charge on any atom is 0.389 e. The molecule has 12 nitrogen and oxygen atoms in total. The van der Waals surface area contributed by atoms with E-state index in [-0.39, 0.29) is 41.8 Å². The van der Waals surface area contributed by atoms with E-state index in [1.54, 1.807) is 31.2 Å². The zero-order chi connectivity index (χ0) is 29.4. The number of nitrogens with zero attached hydrogens (tertiary/aromatic N) is 7. The molecule has 3 amide bonds. The Labute approximate surface area is 230 Å². The van der Waals surface area contributed by atoms with Crippen molar-refractivity contribution in [2.75, 3.05) is 29.9 Å². The zero-order valence-electron chi connectivity index (χ0n) is 22.0. The Kier molecular flexibility index (Phi) is 7.17. The van der Waals surface area contributed by atoms with Crippen LogP contribution in [0.4, 0.5) is 29.5 Å². The van der Waals surface area contributed by atoms with Crippen LogP contribution in [0, 0.1) is 12.7 Å². The first-order valence-corrected chi connectivity index (χ1v) is 12.2. The molecule has 1 aromatic carbocycles. The Morgan fingerprint density at radius 1 is 1.07 bits per heavy atom. The highest BCUT2D eigenvalue weighted by Crippen LogP contribution is 2.32. The summed E-state index contributed by atoms with van der Waals surface area (Å²) in [6.45, 7) is -1.20. The second kappa shape index (κ2) is 10.7. The molecule has 41 heavy (non-hydrogen) atoms. The molecule has 3 aromatic heterocycles. The van der Waals surface area contributed by atoms with Gasteiger partial charge in [0.1, 0.15) is 0 Å². The van der Waals surface area contributed by atoms with Gasteiger partial charge in [-0.2, -0.15) is 8.78 Å². The molecular weight excluding hydrogens is 545 g/mol. The Balaban J connectivity index is 1.46. The SMILES string of the molecule is CNC(=O)c1cccc(N2CCN(c3nc(C)cc(-c4ccc(-n5c(OC(F)F)nn(C)c5=O)cn4)c3F)C2=O)c1. The van der Waals surface area contributed by atoms with Crippen LogP contribution >= 0.6 is 0 Å². The topological polar surface area (TPSA) is 127 Å². The van der Waals surface area contributed by atoms with Crippen molar-refractivity contribution in [1.82, 2.24) is 29.6 Å². The predicted octanol–water partition coefficient (Wildman–Crippen LogP) is 2.88. The van der Waals surface area contributed by atoms with Gasteiger partial charge in [-0.25, -0.2) is 28.2 Å². The monoisotopic (exact) mass is 568 g/mol. The summed E-state index contributed by atoms with van der Waals surface area (Å²) < 4.78 is 47.5. The van der Waals surface area contributed by atoms with E-state index >= 15 is 4.39 Å². The quantitative estimate of drug-likeness (QED) is 0.363. The number of pyridine rings is 2. The summed E-state index contributed by atoms with van der Waals surface area (Å²) in [5, 5.41) is 6.18.